The summed E-state index contributed by atoms with van der Waals surface area (Å²) in [5.41, 5.74) is 1.30. The van der Waals surface area contributed by atoms with Crippen molar-refractivity contribution in [2.45, 2.75) is 51.0 Å². The Hall–Kier alpha value is -2.15. The van der Waals surface area contributed by atoms with Crippen LogP contribution in [-0.4, -0.2) is 6.04 Å². The summed E-state index contributed by atoms with van der Waals surface area (Å²) in [4.78, 5) is 0. The maximum Gasteiger partial charge on any atom is 0.204 e. The average Bonchev–Trinajstić information content (AvgIpc) is 2.81. The first-order valence-corrected chi connectivity index (χ1v) is 13.0. The van der Waals surface area contributed by atoms with E-state index in [1.807, 2.05) is 60.7 Å². The average molecular weight is 418 g/mol. The molecule has 1 saturated carbocycles. The molecule has 2 nitrogen and oxygen atoms in total. The molecule has 0 heterocycles. The lowest BCUT2D eigenvalue weighted by atomic mass is 9.84. The van der Waals surface area contributed by atoms with Gasteiger partial charge in [-0.25, -0.2) is 0 Å². The van der Waals surface area contributed by atoms with E-state index in [1.165, 1.54) is 37.7 Å². The molecular formula is C27H32NOP. The van der Waals surface area contributed by atoms with Gasteiger partial charge in [-0.05, 0) is 48.6 Å². The van der Waals surface area contributed by atoms with Crippen LogP contribution >= 0.6 is 7.29 Å². The smallest absolute Gasteiger partial charge is 0.204 e. The van der Waals surface area contributed by atoms with Gasteiger partial charge >= 0.3 is 0 Å². The Labute approximate surface area is 181 Å². The second-order valence-electron chi connectivity index (χ2n) is 8.54. The topological polar surface area (TPSA) is 29.1 Å². The summed E-state index contributed by atoms with van der Waals surface area (Å²) in [6.45, 7) is 0. The molecule has 0 bridgehead atoms. The first-order chi connectivity index (χ1) is 14.7. The van der Waals surface area contributed by atoms with Crippen LogP contribution in [0.2, 0.25) is 0 Å². The number of benzene rings is 3. The third-order valence-corrected chi connectivity index (χ3v) is 9.05. The molecule has 1 N–H and O–H groups in total. The largest absolute Gasteiger partial charge is 0.297 e. The summed E-state index contributed by atoms with van der Waals surface area (Å²) >= 11 is 0. The molecule has 0 spiro atoms. The summed E-state index contributed by atoms with van der Waals surface area (Å²) in [6.07, 6.45) is 8.61. The fourth-order valence-electron chi connectivity index (χ4n) is 4.74. The Bertz CT molecular complexity index is 893. The van der Waals surface area contributed by atoms with Crippen molar-refractivity contribution in [3.63, 3.8) is 0 Å². The van der Waals surface area contributed by atoms with Crippen molar-refractivity contribution >= 4 is 17.9 Å². The molecule has 3 aromatic rings. The van der Waals surface area contributed by atoms with E-state index in [0.29, 0.717) is 0 Å². The Balaban J connectivity index is 1.65. The van der Waals surface area contributed by atoms with Crippen LogP contribution < -0.4 is 15.7 Å². The number of hydrogen-bond donors (Lipinski definition) is 1. The molecule has 1 atom stereocenters. The van der Waals surface area contributed by atoms with Crippen LogP contribution in [0.15, 0.2) is 91.0 Å². The van der Waals surface area contributed by atoms with Crippen LogP contribution in [-0.2, 0) is 11.0 Å². The van der Waals surface area contributed by atoms with Gasteiger partial charge in [0, 0.05) is 16.7 Å². The van der Waals surface area contributed by atoms with Crippen LogP contribution in [0.1, 0.15) is 44.1 Å². The number of rotatable bonds is 8. The van der Waals surface area contributed by atoms with Crippen LogP contribution in [0.25, 0.3) is 0 Å². The van der Waals surface area contributed by atoms with Gasteiger partial charge in [0.25, 0.3) is 0 Å². The molecule has 156 valence electrons. The van der Waals surface area contributed by atoms with Crippen LogP contribution in [0.3, 0.4) is 0 Å². The summed E-state index contributed by atoms with van der Waals surface area (Å²) in [5.74, 6) is 0.722. The van der Waals surface area contributed by atoms with E-state index in [-0.39, 0.29) is 6.04 Å². The van der Waals surface area contributed by atoms with Crippen molar-refractivity contribution in [2.24, 2.45) is 5.92 Å². The van der Waals surface area contributed by atoms with Gasteiger partial charge < -0.3 is 0 Å². The molecular weight excluding hydrogens is 385 g/mol. The van der Waals surface area contributed by atoms with Crippen molar-refractivity contribution < 1.29 is 4.57 Å². The maximum absolute atomic E-state index is 14.5. The lowest BCUT2D eigenvalue weighted by Crippen LogP contribution is -2.38. The van der Waals surface area contributed by atoms with Gasteiger partial charge in [-0.1, -0.05) is 98.8 Å². The third-order valence-electron chi connectivity index (χ3n) is 6.27. The van der Waals surface area contributed by atoms with Gasteiger partial charge in [0.1, 0.15) is 0 Å². The molecule has 1 aliphatic rings. The molecule has 0 aliphatic heterocycles. The normalized spacial score (nSPS) is 16.3. The van der Waals surface area contributed by atoms with Crippen LogP contribution in [0, 0.1) is 5.92 Å². The van der Waals surface area contributed by atoms with E-state index >= 15 is 0 Å². The van der Waals surface area contributed by atoms with Crippen LogP contribution in [0.4, 0.5) is 0 Å². The van der Waals surface area contributed by atoms with Gasteiger partial charge in [0.15, 0.2) is 0 Å². The van der Waals surface area contributed by atoms with Gasteiger partial charge in [0.2, 0.25) is 7.29 Å². The highest BCUT2D eigenvalue weighted by Crippen LogP contribution is 2.41. The van der Waals surface area contributed by atoms with E-state index in [1.54, 1.807) is 0 Å². The van der Waals surface area contributed by atoms with E-state index in [9.17, 15) is 4.57 Å². The van der Waals surface area contributed by atoms with E-state index in [0.717, 1.165) is 29.4 Å². The Kier molecular flexibility index (Phi) is 7.20. The monoisotopic (exact) mass is 417 g/mol. The molecule has 3 heteroatoms. The molecule has 0 saturated heterocycles. The first kappa shape index (κ1) is 21.1. The second-order valence-corrected chi connectivity index (χ2v) is 11.0. The van der Waals surface area contributed by atoms with E-state index in [2.05, 4.69) is 35.4 Å². The third kappa shape index (κ3) is 5.31. The highest BCUT2D eigenvalue weighted by molar-refractivity contribution is 7.76. The highest BCUT2D eigenvalue weighted by Gasteiger charge is 2.31. The molecule has 1 fully saturated rings. The molecule has 0 amide bonds. The van der Waals surface area contributed by atoms with Crippen molar-refractivity contribution in [3.05, 3.63) is 96.6 Å². The van der Waals surface area contributed by atoms with Crippen LogP contribution in [0.5, 0.6) is 0 Å². The van der Waals surface area contributed by atoms with Gasteiger partial charge in [0.05, 0.1) is 0 Å². The molecule has 1 aliphatic carbocycles. The highest BCUT2D eigenvalue weighted by atomic mass is 31.2. The zero-order chi connectivity index (χ0) is 20.7. The Morgan fingerprint density at radius 1 is 0.733 bits per heavy atom. The SMILES string of the molecule is O=P(N[C@H](Cc1ccccc1)CC1CCCCC1)(c1ccccc1)c1ccccc1. The molecule has 0 aromatic heterocycles. The van der Waals surface area contributed by atoms with Gasteiger partial charge in [-0.15, -0.1) is 0 Å². The zero-order valence-electron chi connectivity index (χ0n) is 17.6. The Morgan fingerprint density at radius 2 is 1.23 bits per heavy atom. The predicted molar refractivity (Wildman–Crippen MR) is 128 cm³/mol. The fraction of sp³-hybridized carbons (Fsp3) is 0.333. The Morgan fingerprint density at radius 3 is 1.77 bits per heavy atom. The molecule has 30 heavy (non-hydrogen) atoms. The fourth-order valence-corrected chi connectivity index (χ4v) is 7.23. The second kappa shape index (κ2) is 10.2. The van der Waals surface area contributed by atoms with Crippen molar-refractivity contribution in [1.29, 1.82) is 0 Å². The molecule has 4 rings (SSSR count). The summed E-state index contributed by atoms with van der Waals surface area (Å²) in [5, 5.41) is 5.49. The summed E-state index contributed by atoms with van der Waals surface area (Å²) < 4.78 is 14.5. The maximum atomic E-state index is 14.5. The predicted octanol–water partition coefficient (Wildman–Crippen LogP) is 6.09. The van der Waals surface area contributed by atoms with Crippen molar-refractivity contribution in [3.8, 4) is 0 Å². The zero-order valence-corrected chi connectivity index (χ0v) is 18.5. The standard InChI is InChI=1S/C27H32NOP/c29-30(26-17-9-3-10-18-26,27-19-11-4-12-20-27)28-25(21-23-13-5-1-6-14-23)22-24-15-7-2-8-16-24/h1,3-6,9-14,17-20,24-25H,2,7-8,15-16,21-22H2,(H,28,29)/t25-/m1/s1. The molecule has 0 radical (unpaired) electrons. The number of hydrogen-bond acceptors (Lipinski definition) is 1. The minimum Gasteiger partial charge on any atom is -0.297 e. The quantitative estimate of drug-likeness (QED) is 0.450. The van der Waals surface area contributed by atoms with Gasteiger partial charge in [-0.2, -0.15) is 0 Å². The van der Waals surface area contributed by atoms with Crippen molar-refractivity contribution in [1.82, 2.24) is 5.09 Å². The van der Waals surface area contributed by atoms with Crippen molar-refractivity contribution in [2.75, 3.05) is 0 Å². The van der Waals surface area contributed by atoms with E-state index < -0.39 is 7.29 Å². The van der Waals surface area contributed by atoms with E-state index in [4.69, 9.17) is 0 Å². The lowest BCUT2D eigenvalue weighted by molar-refractivity contribution is 0.310. The molecule has 3 aromatic carbocycles. The lowest BCUT2D eigenvalue weighted by Gasteiger charge is -2.31. The summed E-state index contributed by atoms with van der Waals surface area (Å²) in [6, 6.07) is 30.7. The summed E-state index contributed by atoms with van der Waals surface area (Å²) in [7, 11) is -2.93. The minimum absolute atomic E-state index is 0.182. The van der Waals surface area contributed by atoms with Gasteiger partial charge in [-0.3, -0.25) is 9.65 Å². The minimum atomic E-state index is -2.93. The number of nitrogens with one attached hydrogen (secondary N) is 1. The molecule has 0 unspecified atom stereocenters. The first-order valence-electron chi connectivity index (χ1n) is 11.3.